The Morgan fingerprint density at radius 2 is 2.05 bits per heavy atom. The highest BCUT2D eigenvalue weighted by Crippen LogP contribution is 2.26. The van der Waals surface area contributed by atoms with Crippen molar-refractivity contribution in [2.24, 2.45) is 0 Å². The number of halogens is 2. The van der Waals surface area contributed by atoms with Crippen LogP contribution in [-0.4, -0.2) is 42.1 Å². The Labute approximate surface area is 118 Å². The average molecular weight is 298 g/mol. The van der Waals surface area contributed by atoms with E-state index in [0.717, 1.165) is 23.1 Å². The third kappa shape index (κ3) is 2.84. The lowest BCUT2D eigenvalue weighted by molar-refractivity contribution is -0.137. The summed E-state index contributed by atoms with van der Waals surface area (Å²) in [6, 6.07) is 2.00. The fraction of sp³-hybridized carbons (Fsp3) is 0.231. The zero-order chi connectivity index (χ0) is 15.6. The number of carbonyl (C=O) groups excluding carboxylic acids is 2. The van der Waals surface area contributed by atoms with E-state index in [-0.39, 0.29) is 30.3 Å². The van der Waals surface area contributed by atoms with E-state index >= 15 is 0 Å². The number of nitrogens with one attached hydrogen (secondary N) is 1. The van der Waals surface area contributed by atoms with Gasteiger partial charge in [-0.2, -0.15) is 4.39 Å². The second-order valence-corrected chi connectivity index (χ2v) is 4.18. The standard InChI is InChI=1S/C13H12F2N2O4/c1-21-10-5-7(4-8(14)12(10)15)16-9-6-11(19)17(2-3-18)13(9)20/h4-6,16,18H,2-3H2,1H3. The van der Waals surface area contributed by atoms with E-state index in [4.69, 9.17) is 5.11 Å². The first-order valence-corrected chi connectivity index (χ1v) is 5.96. The molecule has 0 saturated heterocycles. The lowest BCUT2D eigenvalue weighted by Crippen LogP contribution is -2.34. The first-order valence-electron chi connectivity index (χ1n) is 5.96. The number of imide groups is 1. The Bertz CT molecular complexity index is 631. The molecule has 1 aromatic carbocycles. The van der Waals surface area contributed by atoms with Crippen LogP contribution in [0.2, 0.25) is 0 Å². The van der Waals surface area contributed by atoms with Gasteiger partial charge in [0, 0.05) is 23.9 Å². The summed E-state index contributed by atoms with van der Waals surface area (Å²) < 4.78 is 31.3. The molecule has 1 aliphatic rings. The van der Waals surface area contributed by atoms with Crippen LogP contribution in [0.25, 0.3) is 0 Å². The van der Waals surface area contributed by atoms with Crippen LogP contribution >= 0.6 is 0 Å². The molecule has 112 valence electrons. The number of aliphatic hydroxyl groups excluding tert-OH is 1. The molecule has 0 fully saturated rings. The van der Waals surface area contributed by atoms with Gasteiger partial charge in [0.1, 0.15) is 5.70 Å². The van der Waals surface area contributed by atoms with E-state index in [2.05, 4.69) is 10.1 Å². The number of rotatable bonds is 5. The summed E-state index contributed by atoms with van der Waals surface area (Å²) in [4.78, 5) is 24.3. The third-order valence-corrected chi connectivity index (χ3v) is 2.83. The van der Waals surface area contributed by atoms with E-state index in [1.54, 1.807) is 0 Å². The van der Waals surface area contributed by atoms with E-state index in [1.165, 1.54) is 7.11 Å². The minimum atomic E-state index is -1.15. The highest BCUT2D eigenvalue weighted by atomic mass is 19.2. The Morgan fingerprint density at radius 1 is 1.33 bits per heavy atom. The summed E-state index contributed by atoms with van der Waals surface area (Å²) in [5.74, 6) is -3.87. The van der Waals surface area contributed by atoms with Crippen LogP contribution in [0.3, 0.4) is 0 Å². The minimum Gasteiger partial charge on any atom is -0.493 e. The van der Waals surface area contributed by atoms with Gasteiger partial charge in [0.25, 0.3) is 11.8 Å². The monoisotopic (exact) mass is 298 g/mol. The number of benzene rings is 1. The van der Waals surface area contributed by atoms with Crippen molar-refractivity contribution < 1.29 is 28.2 Å². The van der Waals surface area contributed by atoms with Crippen LogP contribution in [0, 0.1) is 11.6 Å². The number of carbonyl (C=O) groups is 2. The van der Waals surface area contributed by atoms with Crippen LogP contribution in [0.5, 0.6) is 5.75 Å². The molecule has 21 heavy (non-hydrogen) atoms. The summed E-state index contributed by atoms with van der Waals surface area (Å²) in [6.45, 7) is -0.502. The number of nitrogens with zero attached hydrogens (tertiary/aromatic N) is 1. The number of hydrogen-bond donors (Lipinski definition) is 2. The van der Waals surface area contributed by atoms with Crippen molar-refractivity contribution in [3.05, 3.63) is 35.5 Å². The first-order chi connectivity index (χ1) is 9.97. The zero-order valence-electron chi connectivity index (χ0n) is 11.0. The third-order valence-electron chi connectivity index (χ3n) is 2.83. The van der Waals surface area contributed by atoms with Crippen molar-refractivity contribution in [3.8, 4) is 5.75 Å². The lowest BCUT2D eigenvalue weighted by atomic mass is 10.2. The maximum atomic E-state index is 13.4. The molecule has 2 amide bonds. The molecule has 6 nitrogen and oxygen atoms in total. The van der Waals surface area contributed by atoms with Gasteiger partial charge in [-0.15, -0.1) is 0 Å². The topological polar surface area (TPSA) is 78.9 Å². The molecule has 1 heterocycles. The molecule has 2 rings (SSSR count). The number of ether oxygens (including phenoxy) is 1. The van der Waals surface area contributed by atoms with Gasteiger partial charge in [0.2, 0.25) is 5.82 Å². The van der Waals surface area contributed by atoms with Gasteiger partial charge in [-0.25, -0.2) is 4.39 Å². The molecular formula is C13H12F2N2O4. The van der Waals surface area contributed by atoms with Crippen molar-refractivity contribution in [3.63, 3.8) is 0 Å². The van der Waals surface area contributed by atoms with Crippen molar-refractivity contribution in [2.45, 2.75) is 0 Å². The predicted molar refractivity (Wildman–Crippen MR) is 68.4 cm³/mol. The maximum Gasteiger partial charge on any atom is 0.277 e. The fourth-order valence-corrected chi connectivity index (χ4v) is 1.85. The van der Waals surface area contributed by atoms with E-state index in [1.807, 2.05) is 0 Å². The normalized spacial score (nSPS) is 14.5. The maximum absolute atomic E-state index is 13.4. The lowest BCUT2D eigenvalue weighted by Gasteiger charge is -2.14. The van der Waals surface area contributed by atoms with Gasteiger partial charge in [0.05, 0.1) is 20.3 Å². The molecule has 0 aromatic heterocycles. The van der Waals surface area contributed by atoms with Crippen LogP contribution in [0.1, 0.15) is 0 Å². The Kier molecular flexibility index (Phi) is 4.18. The van der Waals surface area contributed by atoms with Crippen LogP contribution in [0.4, 0.5) is 14.5 Å². The molecule has 0 saturated carbocycles. The first kappa shape index (κ1) is 14.9. The molecule has 0 spiro atoms. The second kappa shape index (κ2) is 5.88. The molecule has 1 aromatic rings. The van der Waals surface area contributed by atoms with E-state index in [0.29, 0.717) is 0 Å². The van der Waals surface area contributed by atoms with Gasteiger partial charge < -0.3 is 15.2 Å². The molecule has 0 bridgehead atoms. The number of β-amino-alcohol motifs (C(OH)–C–C–N with tert-alkyl or cyclic N) is 1. The summed E-state index contributed by atoms with van der Waals surface area (Å²) >= 11 is 0. The molecule has 0 radical (unpaired) electrons. The molecular weight excluding hydrogens is 286 g/mol. The Morgan fingerprint density at radius 3 is 2.67 bits per heavy atom. The van der Waals surface area contributed by atoms with Gasteiger partial charge in [0.15, 0.2) is 11.6 Å². The Hall–Kier alpha value is -2.48. The molecule has 2 N–H and O–H groups in total. The smallest absolute Gasteiger partial charge is 0.277 e. The SMILES string of the molecule is COc1cc(NC2=CC(=O)N(CCO)C2=O)cc(F)c1F. The molecule has 8 heteroatoms. The number of aliphatic hydroxyl groups is 1. The molecule has 1 aliphatic heterocycles. The van der Waals surface area contributed by atoms with E-state index < -0.39 is 23.4 Å². The van der Waals surface area contributed by atoms with Crippen LogP contribution < -0.4 is 10.1 Å². The van der Waals surface area contributed by atoms with Crippen molar-refractivity contribution >= 4 is 17.5 Å². The summed E-state index contributed by atoms with van der Waals surface area (Å²) in [6.07, 6.45) is 1.02. The summed E-state index contributed by atoms with van der Waals surface area (Å²) in [5, 5.41) is 11.3. The number of amides is 2. The summed E-state index contributed by atoms with van der Waals surface area (Å²) in [5.41, 5.74) is -0.0366. The average Bonchev–Trinajstić information content (AvgIpc) is 2.70. The van der Waals surface area contributed by atoms with Crippen LogP contribution in [-0.2, 0) is 9.59 Å². The van der Waals surface area contributed by atoms with Crippen molar-refractivity contribution in [2.75, 3.05) is 25.6 Å². The highest BCUT2D eigenvalue weighted by Gasteiger charge is 2.30. The van der Waals surface area contributed by atoms with Crippen molar-refractivity contribution in [1.82, 2.24) is 4.90 Å². The number of anilines is 1. The van der Waals surface area contributed by atoms with Crippen LogP contribution in [0.15, 0.2) is 23.9 Å². The highest BCUT2D eigenvalue weighted by molar-refractivity contribution is 6.17. The Balaban J connectivity index is 2.23. The van der Waals surface area contributed by atoms with E-state index in [9.17, 15) is 18.4 Å². The minimum absolute atomic E-state index is 0.0593. The van der Waals surface area contributed by atoms with Gasteiger partial charge in [-0.05, 0) is 0 Å². The quantitative estimate of drug-likeness (QED) is 0.780. The second-order valence-electron chi connectivity index (χ2n) is 4.18. The molecule has 0 unspecified atom stereocenters. The number of hydrogen-bond acceptors (Lipinski definition) is 5. The van der Waals surface area contributed by atoms with Crippen molar-refractivity contribution in [1.29, 1.82) is 0 Å². The fourth-order valence-electron chi connectivity index (χ4n) is 1.85. The van der Waals surface area contributed by atoms with Gasteiger partial charge in [-0.1, -0.05) is 0 Å². The zero-order valence-corrected chi connectivity index (χ0v) is 11.0. The summed E-state index contributed by atoms with van der Waals surface area (Å²) in [7, 11) is 1.17. The number of methoxy groups -OCH3 is 1. The predicted octanol–water partition coefficient (Wildman–Crippen LogP) is 0.630. The van der Waals surface area contributed by atoms with Gasteiger partial charge in [-0.3, -0.25) is 14.5 Å². The molecule has 0 aliphatic carbocycles. The van der Waals surface area contributed by atoms with Gasteiger partial charge >= 0.3 is 0 Å². The molecule has 0 atom stereocenters. The largest absolute Gasteiger partial charge is 0.493 e.